The summed E-state index contributed by atoms with van der Waals surface area (Å²) in [6.07, 6.45) is 1.90. The van der Waals surface area contributed by atoms with E-state index in [2.05, 4.69) is 15.5 Å². The number of benzene rings is 2. The first kappa shape index (κ1) is 14.0. The summed E-state index contributed by atoms with van der Waals surface area (Å²) < 4.78 is 12.8. The van der Waals surface area contributed by atoms with Crippen molar-refractivity contribution >= 4 is 11.6 Å². The van der Waals surface area contributed by atoms with Crippen LogP contribution in [0.4, 0.5) is 10.1 Å². The molecular weight excluding hydrogens is 281 g/mol. The second-order valence-corrected chi connectivity index (χ2v) is 4.90. The van der Waals surface area contributed by atoms with Gasteiger partial charge in [0.25, 0.3) is 0 Å². The van der Waals surface area contributed by atoms with Crippen LogP contribution in [0.5, 0.6) is 0 Å². The number of rotatable bonds is 4. The van der Waals surface area contributed by atoms with Gasteiger partial charge in [-0.05, 0) is 41.5 Å². The topological polar surface area (TPSA) is 57.8 Å². The van der Waals surface area contributed by atoms with Crippen molar-refractivity contribution < 1.29 is 9.18 Å². The van der Waals surface area contributed by atoms with E-state index in [4.69, 9.17) is 0 Å². The molecule has 0 fully saturated rings. The quantitative estimate of drug-likeness (QED) is 0.775. The zero-order valence-electron chi connectivity index (χ0n) is 11.7. The average molecular weight is 295 g/mol. The van der Waals surface area contributed by atoms with E-state index in [1.807, 2.05) is 30.3 Å². The van der Waals surface area contributed by atoms with E-state index in [-0.39, 0.29) is 18.1 Å². The first-order chi connectivity index (χ1) is 10.7. The van der Waals surface area contributed by atoms with Crippen LogP contribution in [0.25, 0.3) is 11.3 Å². The van der Waals surface area contributed by atoms with Crippen LogP contribution in [0.2, 0.25) is 0 Å². The summed E-state index contributed by atoms with van der Waals surface area (Å²) in [5.41, 5.74) is 3.40. The smallest absolute Gasteiger partial charge is 0.228 e. The molecule has 3 aromatic rings. The molecule has 0 atom stereocenters. The molecule has 0 aliphatic carbocycles. The van der Waals surface area contributed by atoms with E-state index in [0.717, 1.165) is 22.5 Å². The van der Waals surface area contributed by atoms with Crippen LogP contribution in [0, 0.1) is 5.82 Å². The monoisotopic (exact) mass is 295 g/mol. The van der Waals surface area contributed by atoms with Gasteiger partial charge in [0.1, 0.15) is 5.82 Å². The maximum atomic E-state index is 12.8. The summed E-state index contributed by atoms with van der Waals surface area (Å²) in [5, 5.41) is 9.60. The summed E-state index contributed by atoms with van der Waals surface area (Å²) in [7, 11) is 0. The number of hydrogen-bond donors (Lipinski definition) is 2. The summed E-state index contributed by atoms with van der Waals surface area (Å²) in [5.74, 6) is -0.445. The largest absolute Gasteiger partial charge is 0.326 e. The highest BCUT2D eigenvalue weighted by atomic mass is 19.1. The van der Waals surface area contributed by atoms with Gasteiger partial charge in [-0.1, -0.05) is 24.3 Å². The number of nitrogens with zero attached hydrogens (tertiary/aromatic N) is 1. The molecule has 0 aliphatic heterocycles. The standard InChI is InChI=1S/C17H14FN3O/c18-14-5-1-12(2-6-14)11-17(22)20-15-7-3-13(4-8-15)16-9-10-19-21-16/h1-10H,11H2,(H,19,21)(H,20,22). The third kappa shape index (κ3) is 3.38. The van der Waals surface area contributed by atoms with Crippen LogP contribution in [-0.2, 0) is 11.2 Å². The molecule has 2 N–H and O–H groups in total. The van der Waals surface area contributed by atoms with Gasteiger partial charge in [0.15, 0.2) is 0 Å². The number of aromatic amines is 1. The molecule has 0 radical (unpaired) electrons. The molecule has 2 aromatic carbocycles. The minimum Gasteiger partial charge on any atom is -0.326 e. The van der Waals surface area contributed by atoms with Gasteiger partial charge >= 0.3 is 0 Å². The molecule has 110 valence electrons. The lowest BCUT2D eigenvalue weighted by molar-refractivity contribution is -0.115. The molecular formula is C17H14FN3O. The van der Waals surface area contributed by atoms with E-state index in [1.165, 1.54) is 12.1 Å². The number of halogens is 1. The van der Waals surface area contributed by atoms with Gasteiger partial charge in [0, 0.05) is 11.9 Å². The third-order valence-electron chi connectivity index (χ3n) is 3.26. The van der Waals surface area contributed by atoms with Crippen molar-refractivity contribution in [3.05, 3.63) is 72.2 Å². The van der Waals surface area contributed by atoms with Gasteiger partial charge in [-0.25, -0.2) is 4.39 Å². The number of nitrogens with one attached hydrogen (secondary N) is 2. The van der Waals surface area contributed by atoms with Crippen LogP contribution in [0.1, 0.15) is 5.56 Å². The summed E-state index contributed by atoms with van der Waals surface area (Å²) in [4.78, 5) is 12.0. The number of anilines is 1. The molecule has 0 bridgehead atoms. The number of carbonyl (C=O) groups is 1. The van der Waals surface area contributed by atoms with E-state index in [1.54, 1.807) is 18.3 Å². The molecule has 3 rings (SSSR count). The van der Waals surface area contributed by atoms with Crippen molar-refractivity contribution in [2.75, 3.05) is 5.32 Å². The highest BCUT2D eigenvalue weighted by molar-refractivity contribution is 5.92. The Balaban J connectivity index is 1.63. The Labute approximate surface area is 127 Å². The fourth-order valence-corrected chi connectivity index (χ4v) is 2.14. The predicted molar refractivity (Wildman–Crippen MR) is 82.8 cm³/mol. The number of H-pyrrole nitrogens is 1. The van der Waals surface area contributed by atoms with Crippen LogP contribution in [0.15, 0.2) is 60.8 Å². The minimum absolute atomic E-state index is 0.138. The molecule has 0 unspecified atom stereocenters. The molecule has 1 aromatic heterocycles. The summed E-state index contributed by atoms with van der Waals surface area (Å²) in [6.45, 7) is 0. The number of hydrogen-bond acceptors (Lipinski definition) is 2. The van der Waals surface area contributed by atoms with Crippen molar-refractivity contribution in [3.63, 3.8) is 0 Å². The Kier molecular flexibility index (Phi) is 3.96. The molecule has 5 heteroatoms. The van der Waals surface area contributed by atoms with E-state index in [9.17, 15) is 9.18 Å². The summed E-state index contributed by atoms with van der Waals surface area (Å²) in [6, 6.07) is 15.3. The van der Waals surface area contributed by atoms with Crippen LogP contribution < -0.4 is 5.32 Å². The lowest BCUT2D eigenvalue weighted by Crippen LogP contribution is -2.14. The number of amides is 1. The molecule has 22 heavy (non-hydrogen) atoms. The zero-order chi connectivity index (χ0) is 15.4. The zero-order valence-corrected chi connectivity index (χ0v) is 11.7. The van der Waals surface area contributed by atoms with Gasteiger partial charge in [-0.3, -0.25) is 9.89 Å². The third-order valence-corrected chi connectivity index (χ3v) is 3.26. The van der Waals surface area contributed by atoms with E-state index < -0.39 is 0 Å². The van der Waals surface area contributed by atoms with Gasteiger partial charge in [0.05, 0.1) is 12.1 Å². The first-order valence-electron chi connectivity index (χ1n) is 6.85. The molecule has 4 nitrogen and oxygen atoms in total. The van der Waals surface area contributed by atoms with Crippen molar-refractivity contribution in [2.24, 2.45) is 0 Å². The molecule has 1 heterocycles. The number of aromatic nitrogens is 2. The fourth-order valence-electron chi connectivity index (χ4n) is 2.14. The molecule has 0 saturated carbocycles. The van der Waals surface area contributed by atoms with Crippen molar-refractivity contribution in [3.8, 4) is 11.3 Å². The molecule has 0 aliphatic rings. The van der Waals surface area contributed by atoms with Gasteiger partial charge in [0.2, 0.25) is 5.91 Å². The predicted octanol–water partition coefficient (Wildman–Crippen LogP) is 3.40. The molecule has 1 amide bonds. The Hall–Kier alpha value is -2.95. The Bertz CT molecular complexity index is 750. The Morgan fingerprint density at radius 3 is 2.41 bits per heavy atom. The highest BCUT2D eigenvalue weighted by Crippen LogP contribution is 2.19. The van der Waals surface area contributed by atoms with Gasteiger partial charge < -0.3 is 5.32 Å². The average Bonchev–Trinajstić information content (AvgIpc) is 3.05. The molecule has 0 saturated heterocycles. The second-order valence-electron chi connectivity index (χ2n) is 4.90. The van der Waals surface area contributed by atoms with E-state index >= 15 is 0 Å². The number of carbonyl (C=O) groups excluding carboxylic acids is 1. The van der Waals surface area contributed by atoms with Crippen molar-refractivity contribution in [2.45, 2.75) is 6.42 Å². The van der Waals surface area contributed by atoms with Gasteiger partial charge in [-0.2, -0.15) is 5.10 Å². The Morgan fingerprint density at radius 2 is 1.77 bits per heavy atom. The normalized spacial score (nSPS) is 10.4. The maximum Gasteiger partial charge on any atom is 0.228 e. The maximum absolute atomic E-state index is 12.8. The SMILES string of the molecule is O=C(Cc1ccc(F)cc1)Nc1ccc(-c2ccn[nH]2)cc1. The van der Waals surface area contributed by atoms with Crippen LogP contribution in [0.3, 0.4) is 0 Å². The lowest BCUT2D eigenvalue weighted by atomic mass is 10.1. The van der Waals surface area contributed by atoms with Crippen molar-refractivity contribution in [1.82, 2.24) is 10.2 Å². The minimum atomic E-state index is -0.307. The van der Waals surface area contributed by atoms with Gasteiger partial charge in [-0.15, -0.1) is 0 Å². The second kappa shape index (κ2) is 6.22. The summed E-state index contributed by atoms with van der Waals surface area (Å²) >= 11 is 0. The van der Waals surface area contributed by atoms with Crippen LogP contribution in [-0.4, -0.2) is 16.1 Å². The van der Waals surface area contributed by atoms with Crippen molar-refractivity contribution in [1.29, 1.82) is 0 Å². The highest BCUT2D eigenvalue weighted by Gasteiger charge is 2.05. The molecule has 0 spiro atoms. The fraction of sp³-hybridized carbons (Fsp3) is 0.0588. The van der Waals surface area contributed by atoms with Crippen LogP contribution >= 0.6 is 0 Å². The lowest BCUT2D eigenvalue weighted by Gasteiger charge is -2.06. The Morgan fingerprint density at radius 1 is 1.05 bits per heavy atom. The first-order valence-corrected chi connectivity index (χ1v) is 6.85. The van der Waals surface area contributed by atoms with E-state index in [0.29, 0.717) is 0 Å².